The molecular weight excluding hydrogens is 646 g/mol. The van der Waals surface area contributed by atoms with Crippen LogP contribution in [0.1, 0.15) is 11.1 Å². The van der Waals surface area contributed by atoms with E-state index in [-0.39, 0.29) is 29.5 Å². The average molecular weight is 679 g/mol. The lowest BCUT2D eigenvalue weighted by Gasteiger charge is -2.34. The lowest BCUT2D eigenvalue weighted by molar-refractivity contribution is -0.139. The van der Waals surface area contributed by atoms with Gasteiger partial charge in [0.2, 0.25) is 11.8 Å². The number of anilines is 1. The highest BCUT2D eigenvalue weighted by atomic mass is 79.9. The van der Waals surface area contributed by atoms with E-state index in [1.54, 1.807) is 36.4 Å². The quantitative estimate of drug-likeness (QED) is 0.245. The highest BCUT2D eigenvalue weighted by Crippen LogP contribution is 2.36. The second kappa shape index (κ2) is 14.0. The van der Waals surface area contributed by atoms with Crippen LogP contribution < -0.4 is 19.1 Å². The average Bonchev–Trinajstić information content (AvgIpc) is 3.05. The van der Waals surface area contributed by atoms with Crippen LogP contribution in [-0.2, 0) is 32.6 Å². The Kier molecular flexibility index (Phi) is 9.86. The molecule has 0 unspecified atom stereocenters. The van der Waals surface area contributed by atoms with Crippen molar-refractivity contribution in [2.45, 2.75) is 23.9 Å². The first-order chi connectivity index (χ1) is 21.3. The van der Waals surface area contributed by atoms with Crippen LogP contribution in [0.4, 0.5) is 5.69 Å². The van der Waals surface area contributed by atoms with Crippen molar-refractivity contribution >= 4 is 43.5 Å². The van der Waals surface area contributed by atoms with Gasteiger partial charge in [0.25, 0.3) is 10.0 Å². The summed E-state index contributed by atoms with van der Waals surface area (Å²) < 4.78 is 41.4. The maximum absolute atomic E-state index is 14.4. The van der Waals surface area contributed by atoms with Crippen LogP contribution in [0.5, 0.6) is 11.5 Å². The van der Waals surface area contributed by atoms with Gasteiger partial charge in [-0.15, -0.1) is 0 Å². The number of nitrogens with zero attached hydrogens (tertiary/aromatic N) is 2. The molecule has 0 saturated carbocycles. The van der Waals surface area contributed by atoms with Crippen molar-refractivity contribution in [3.8, 4) is 11.5 Å². The lowest BCUT2D eigenvalue weighted by Crippen LogP contribution is -2.53. The van der Waals surface area contributed by atoms with E-state index in [1.165, 1.54) is 24.1 Å². The van der Waals surface area contributed by atoms with E-state index in [1.807, 2.05) is 54.6 Å². The molecule has 1 N–H and O–H groups in total. The minimum atomic E-state index is -4.22. The van der Waals surface area contributed by atoms with Crippen molar-refractivity contribution in [2.24, 2.45) is 0 Å². The second-order valence-corrected chi connectivity index (χ2v) is 12.9. The molecule has 0 fully saturated rings. The predicted molar refractivity (Wildman–Crippen MR) is 171 cm³/mol. The molecule has 4 aromatic carbocycles. The van der Waals surface area contributed by atoms with Crippen molar-refractivity contribution in [3.63, 3.8) is 0 Å². The molecule has 0 radical (unpaired) electrons. The van der Waals surface area contributed by atoms with Gasteiger partial charge in [-0.2, -0.15) is 0 Å². The van der Waals surface area contributed by atoms with E-state index in [9.17, 15) is 18.0 Å². The van der Waals surface area contributed by atoms with Gasteiger partial charge in [-0.05, 0) is 47.5 Å². The highest BCUT2D eigenvalue weighted by molar-refractivity contribution is 9.10. The molecule has 9 nitrogen and oxygen atoms in total. The molecule has 5 rings (SSSR count). The minimum Gasteiger partial charge on any atom is -0.486 e. The molecule has 1 aliphatic rings. The molecular formula is C33H32BrN3O6S. The molecule has 0 spiro atoms. The molecule has 0 aromatic heterocycles. The standard InChI is InChI=1S/C33H32BrN3O6S/c1-35-33(39)29(20-24-9-4-2-5-10-24)36(22-25-11-8-12-26(34)19-25)32(38)23-37(44(40,41)28-13-6-3-7-14-28)27-15-16-30-31(21-27)43-18-17-42-30/h2-16,19,21,29H,17-18,20,22-23H2,1H3,(H,35,39)/t29-/m1/s1. The first-order valence-electron chi connectivity index (χ1n) is 14.0. The van der Waals surface area contributed by atoms with Crippen LogP contribution >= 0.6 is 15.9 Å². The van der Waals surface area contributed by atoms with Gasteiger partial charge in [0.05, 0.1) is 10.6 Å². The van der Waals surface area contributed by atoms with E-state index >= 15 is 0 Å². The van der Waals surface area contributed by atoms with Gasteiger partial charge in [-0.25, -0.2) is 8.42 Å². The van der Waals surface area contributed by atoms with E-state index in [0.29, 0.717) is 24.7 Å². The van der Waals surface area contributed by atoms with Crippen LogP contribution in [0, 0.1) is 0 Å². The first kappa shape index (κ1) is 31.1. The maximum Gasteiger partial charge on any atom is 0.264 e. The third kappa shape index (κ3) is 7.23. The van der Waals surface area contributed by atoms with Crippen LogP contribution in [0.15, 0.2) is 112 Å². The summed E-state index contributed by atoms with van der Waals surface area (Å²) in [5, 5.41) is 2.69. The predicted octanol–water partition coefficient (Wildman–Crippen LogP) is 4.80. The molecule has 1 aliphatic heterocycles. The van der Waals surface area contributed by atoms with Crippen LogP contribution in [0.3, 0.4) is 0 Å². The number of amides is 2. The summed E-state index contributed by atoms with van der Waals surface area (Å²) in [4.78, 5) is 29.2. The zero-order valence-corrected chi connectivity index (χ0v) is 26.5. The summed E-state index contributed by atoms with van der Waals surface area (Å²) in [7, 11) is -2.70. The number of benzene rings is 4. The lowest BCUT2D eigenvalue weighted by atomic mass is 10.0. The van der Waals surface area contributed by atoms with E-state index < -0.39 is 28.5 Å². The van der Waals surface area contributed by atoms with Gasteiger partial charge >= 0.3 is 0 Å². The molecule has 44 heavy (non-hydrogen) atoms. The number of fused-ring (bicyclic) bond motifs is 1. The molecule has 0 bridgehead atoms. The Morgan fingerprint density at radius 1 is 0.841 bits per heavy atom. The fraction of sp³-hybridized carbons (Fsp3) is 0.212. The van der Waals surface area contributed by atoms with E-state index in [4.69, 9.17) is 9.47 Å². The number of rotatable bonds is 11. The molecule has 2 amide bonds. The number of nitrogens with one attached hydrogen (secondary N) is 1. The maximum atomic E-state index is 14.4. The summed E-state index contributed by atoms with van der Waals surface area (Å²) in [6, 6.07) is 28.6. The van der Waals surface area contributed by atoms with Crippen molar-refractivity contribution in [2.75, 3.05) is 31.1 Å². The first-order valence-corrected chi connectivity index (χ1v) is 16.3. The van der Waals surface area contributed by atoms with Crippen molar-refractivity contribution in [3.05, 3.63) is 119 Å². The number of carbonyl (C=O) groups excluding carboxylic acids is 2. The van der Waals surface area contributed by atoms with Crippen molar-refractivity contribution in [1.82, 2.24) is 10.2 Å². The number of hydrogen-bond acceptors (Lipinski definition) is 6. The topological polar surface area (TPSA) is 105 Å². The van der Waals surface area contributed by atoms with Gasteiger partial charge in [-0.3, -0.25) is 13.9 Å². The zero-order chi connectivity index (χ0) is 31.1. The zero-order valence-electron chi connectivity index (χ0n) is 24.1. The Morgan fingerprint density at radius 3 is 2.18 bits per heavy atom. The van der Waals surface area contributed by atoms with Crippen molar-refractivity contribution < 1.29 is 27.5 Å². The fourth-order valence-corrected chi connectivity index (χ4v) is 6.86. The summed E-state index contributed by atoms with van der Waals surface area (Å²) >= 11 is 3.48. The fourth-order valence-electron chi connectivity index (χ4n) is 4.99. The monoisotopic (exact) mass is 677 g/mol. The van der Waals surface area contributed by atoms with Gasteiger partial charge in [0.15, 0.2) is 11.5 Å². The van der Waals surface area contributed by atoms with Crippen LogP contribution in [0.25, 0.3) is 0 Å². The third-order valence-corrected chi connectivity index (χ3v) is 9.46. The molecule has 11 heteroatoms. The Balaban J connectivity index is 1.57. The third-order valence-electron chi connectivity index (χ3n) is 7.18. The molecule has 1 heterocycles. The van der Waals surface area contributed by atoms with Gasteiger partial charge in [-0.1, -0.05) is 76.6 Å². The second-order valence-electron chi connectivity index (χ2n) is 10.1. The van der Waals surface area contributed by atoms with Crippen LogP contribution in [-0.4, -0.2) is 58.0 Å². The number of halogens is 1. The smallest absolute Gasteiger partial charge is 0.264 e. The van der Waals surface area contributed by atoms with Crippen molar-refractivity contribution in [1.29, 1.82) is 0 Å². The summed E-state index contributed by atoms with van der Waals surface area (Å²) in [6.07, 6.45) is 0.232. The summed E-state index contributed by atoms with van der Waals surface area (Å²) in [5.41, 5.74) is 1.86. The van der Waals surface area contributed by atoms with Gasteiger partial charge < -0.3 is 19.7 Å². The number of hydrogen-bond donors (Lipinski definition) is 1. The summed E-state index contributed by atoms with van der Waals surface area (Å²) in [5.74, 6) is -0.0483. The Hall–Kier alpha value is -4.35. The number of ether oxygens (including phenoxy) is 2. The Bertz CT molecular complexity index is 1720. The normalized spacial score (nSPS) is 13.0. The summed E-state index contributed by atoms with van der Waals surface area (Å²) in [6.45, 7) is 0.203. The van der Waals surface area contributed by atoms with E-state index in [2.05, 4.69) is 21.2 Å². The van der Waals surface area contributed by atoms with Gasteiger partial charge in [0, 0.05) is 30.6 Å². The highest BCUT2D eigenvalue weighted by Gasteiger charge is 2.34. The number of likely N-dealkylation sites (N-methyl/N-ethyl adjacent to an activating group) is 1. The minimum absolute atomic E-state index is 0.0216. The molecule has 1 atom stereocenters. The van der Waals surface area contributed by atoms with Gasteiger partial charge in [0.1, 0.15) is 25.8 Å². The van der Waals surface area contributed by atoms with Crippen LogP contribution in [0.2, 0.25) is 0 Å². The molecule has 0 saturated heterocycles. The Morgan fingerprint density at radius 2 is 1.50 bits per heavy atom. The Labute approximate surface area is 265 Å². The SMILES string of the molecule is CNC(=O)[C@@H](Cc1ccccc1)N(Cc1cccc(Br)c1)C(=O)CN(c1ccc2c(c1)OCCO2)S(=O)(=O)c1ccccc1. The largest absolute Gasteiger partial charge is 0.486 e. The number of carbonyl (C=O) groups is 2. The van der Waals surface area contributed by atoms with E-state index in [0.717, 1.165) is 19.9 Å². The molecule has 4 aromatic rings. The molecule has 228 valence electrons. The number of sulfonamides is 1. The molecule has 0 aliphatic carbocycles.